The van der Waals surface area contributed by atoms with Crippen LogP contribution in [0.1, 0.15) is 59.5 Å². The summed E-state index contributed by atoms with van der Waals surface area (Å²) in [5.74, 6) is 0.494. The monoisotopic (exact) mass is 377 g/mol. The molecule has 0 radical (unpaired) electrons. The number of nitrogens with zero attached hydrogens (tertiary/aromatic N) is 1. The number of ether oxygens (including phenoxy) is 1. The molecular formula is C25H31NO2. The summed E-state index contributed by atoms with van der Waals surface area (Å²) >= 11 is 0. The number of hydrogen-bond donors (Lipinski definition) is 0. The molecule has 0 aromatic heterocycles. The highest BCUT2D eigenvalue weighted by atomic mass is 16.5. The van der Waals surface area contributed by atoms with Gasteiger partial charge in [0, 0.05) is 43.1 Å². The van der Waals surface area contributed by atoms with E-state index in [1.807, 2.05) is 31.2 Å². The summed E-state index contributed by atoms with van der Waals surface area (Å²) in [5, 5.41) is 0. The van der Waals surface area contributed by atoms with E-state index in [1.54, 1.807) is 7.11 Å². The van der Waals surface area contributed by atoms with Crippen LogP contribution in [0.25, 0.3) is 0 Å². The molecule has 3 heteroatoms. The minimum atomic E-state index is 0.0862. The van der Waals surface area contributed by atoms with Crippen molar-refractivity contribution in [2.24, 2.45) is 0 Å². The van der Waals surface area contributed by atoms with Gasteiger partial charge in [0.2, 0.25) is 0 Å². The van der Waals surface area contributed by atoms with Crippen molar-refractivity contribution in [2.45, 2.75) is 56.5 Å². The maximum atomic E-state index is 13.4. The average molecular weight is 378 g/mol. The quantitative estimate of drug-likeness (QED) is 0.607. The minimum Gasteiger partial charge on any atom is -0.383 e. The van der Waals surface area contributed by atoms with Gasteiger partial charge in [-0.15, -0.1) is 0 Å². The van der Waals surface area contributed by atoms with E-state index >= 15 is 0 Å². The number of aryl methyl sites for hydroxylation is 1. The minimum absolute atomic E-state index is 0.0862. The Morgan fingerprint density at radius 2 is 1.79 bits per heavy atom. The van der Waals surface area contributed by atoms with Crippen molar-refractivity contribution in [2.75, 3.05) is 20.3 Å². The molecule has 0 N–H and O–H groups in total. The molecule has 2 saturated heterocycles. The number of methoxy groups -OCH3 is 1. The maximum Gasteiger partial charge on any atom is 0.163 e. The van der Waals surface area contributed by atoms with E-state index < -0.39 is 0 Å². The van der Waals surface area contributed by atoms with Crippen LogP contribution in [0.15, 0.2) is 54.6 Å². The van der Waals surface area contributed by atoms with E-state index in [2.05, 4.69) is 35.2 Å². The van der Waals surface area contributed by atoms with Crippen molar-refractivity contribution in [1.82, 2.24) is 4.90 Å². The van der Waals surface area contributed by atoms with E-state index in [1.165, 1.54) is 31.2 Å². The lowest BCUT2D eigenvalue weighted by Gasteiger charge is -2.42. The predicted molar refractivity (Wildman–Crippen MR) is 113 cm³/mol. The summed E-state index contributed by atoms with van der Waals surface area (Å²) < 4.78 is 5.42. The van der Waals surface area contributed by atoms with Gasteiger partial charge in [0.25, 0.3) is 0 Å². The van der Waals surface area contributed by atoms with Crippen LogP contribution >= 0.6 is 0 Å². The number of carbonyl (C=O) groups excluding carboxylic acids is 1. The third kappa shape index (κ3) is 3.42. The number of carbonyl (C=O) groups is 1. The highest BCUT2D eigenvalue weighted by Crippen LogP contribution is 2.54. The number of ketones is 1. The molecule has 1 atom stereocenters. The first-order valence-corrected chi connectivity index (χ1v) is 10.5. The van der Waals surface area contributed by atoms with Crippen molar-refractivity contribution in [1.29, 1.82) is 0 Å². The second kappa shape index (κ2) is 8.18. The Morgan fingerprint density at radius 1 is 1.11 bits per heavy atom. The zero-order valence-corrected chi connectivity index (χ0v) is 17.1. The molecule has 2 fully saturated rings. The average Bonchev–Trinajstić information content (AvgIpc) is 3.26. The largest absolute Gasteiger partial charge is 0.383 e. The van der Waals surface area contributed by atoms with Gasteiger partial charge >= 0.3 is 0 Å². The summed E-state index contributed by atoms with van der Waals surface area (Å²) in [5.41, 5.74) is 3.33. The van der Waals surface area contributed by atoms with E-state index in [9.17, 15) is 4.79 Å². The van der Waals surface area contributed by atoms with Gasteiger partial charge in [0.05, 0.1) is 6.61 Å². The fraction of sp³-hybridized carbons (Fsp3) is 0.480. The standard InChI is InChI=1S/C25H31NO2/c1-19-8-6-7-11-22(19)24(27)18-23(20-9-4-3-5-10-20)25-14-12-21(13-15-25)26(25)16-17-28-2/h3-11,21,23H,12-18H2,1-2H3. The zero-order valence-electron chi connectivity index (χ0n) is 17.1. The zero-order chi connectivity index (χ0) is 19.6. The molecule has 2 aromatic carbocycles. The highest BCUT2D eigenvalue weighted by Gasteiger charge is 2.55. The van der Waals surface area contributed by atoms with Crippen LogP contribution < -0.4 is 0 Å². The van der Waals surface area contributed by atoms with Gasteiger partial charge < -0.3 is 4.74 Å². The van der Waals surface area contributed by atoms with Crippen molar-refractivity contribution in [3.8, 4) is 0 Å². The summed E-state index contributed by atoms with van der Waals surface area (Å²) in [6.45, 7) is 3.75. The molecule has 2 heterocycles. The van der Waals surface area contributed by atoms with Crippen molar-refractivity contribution in [3.63, 3.8) is 0 Å². The molecule has 0 spiro atoms. The fourth-order valence-corrected chi connectivity index (χ4v) is 5.69. The topological polar surface area (TPSA) is 29.5 Å². The predicted octanol–water partition coefficient (Wildman–Crippen LogP) is 5.00. The molecule has 3 nitrogen and oxygen atoms in total. The fourth-order valence-electron chi connectivity index (χ4n) is 5.69. The maximum absolute atomic E-state index is 13.4. The smallest absolute Gasteiger partial charge is 0.163 e. The Bertz CT molecular complexity index is 808. The number of Topliss-reactive ketones (excluding diaryl/α,β-unsaturated/α-hetero) is 1. The second-order valence-corrected chi connectivity index (χ2v) is 8.43. The van der Waals surface area contributed by atoms with E-state index in [-0.39, 0.29) is 17.2 Å². The van der Waals surface area contributed by atoms with E-state index in [4.69, 9.17) is 4.74 Å². The summed E-state index contributed by atoms with van der Waals surface area (Å²) in [6, 6.07) is 19.4. The lowest BCUT2D eigenvalue weighted by Crippen LogP contribution is -2.48. The molecule has 0 aliphatic carbocycles. The number of fused-ring (bicyclic) bond motifs is 2. The highest BCUT2D eigenvalue weighted by molar-refractivity contribution is 5.98. The van der Waals surface area contributed by atoms with Crippen LogP contribution in [0.3, 0.4) is 0 Å². The molecule has 28 heavy (non-hydrogen) atoms. The van der Waals surface area contributed by atoms with E-state index in [0.29, 0.717) is 12.5 Å². The van der Waals surface area contributed by atoms with Gasteiger partial charge in [-0.2, -0.15) is 0 Å². The number of benzene rings is 2. The Balaban J connectivity index is 1.69. The van der Waals surface area contributed by atoms with Gasteiger partial charge in [-0.3, -0.25) is 9.69 Å². The lowest BCUT2D eigenvalue weighted by molar-refractivity contribution is 0.0716. The van der Waals surface area contributed by atoms with Crippen LogP contribution in [0, 0.1) is 6.92 Å². The third-order valence-corrected chi connectivity index (χ3v) is 7.06. The Kier molecular flexibility index (Phi) is 5.65. The molecule has 2 aliphatic heterocycles. The first-order valence-electron chi connectivity index (χ1n) is 10.5. The Morgan fingerprint density at radius 3 is 2.46 bits per heavy atom. The molecule has 0 amide bonds. The Hall–Kier alpha value is -1.97. The van der Waals surface area contributed by atoms with Gasteiger partial charge in [-0.05, 0) is 43.7 Å². The molecule has 4 rings (SSSR count). The van der Waals surface area contributed by atoms with Crippen LogP contribution in [-0.4, -0.2) is 42.5 Å². The summed E-state index contributed by atoms with van der Waals surface area (Å²) in [6.07, 6.45) is 5.42. The van der Waals surface area contributed by atoms with Crippen LogP contribution in [0.2, 0.25) is 0 Å². The van der Waals surface area contributed by atoms with Gasteiger partial charge in [-0.1, -0.05) is 54.6 Å². The van der Waals surface area contributed by atoms with Crippen molar-refractivity contribution < 1.29 is 9.53 Å². The third-order valence-electron chi connectivity index (χ3n) is 7.06. The summed E-state index contributed by atoms with van der Waals surface area (Å²) in [7, 11) is 1.78. The SMILES string of the molecule is COCCN1C2CCC1(C(CC(=O)c1ccccc1C)c1ccccc1)CC2. The van der Waals surface area contributed by atoms with Crippen molar-refractivity contribution >= 4 is 5.78 Å². The molecule has 1 unspecified atom stereocenters. The number of rotatable bonds is 8. The van der Waals surface area contributed by atoms with Gasteiger partial charge in [0.1, 0.15) is 0 Å². The molecule has 0 saturated carbocycles. The van der Waals surface area contributed by atoms with Crippen LogP contribution in [0.5, 0.6) is 0 Å². The molecule has 2 aliphatic rings. The van der Waals surface area contributed by atoms with Crippen molar-refractivity contribution in [3.05, 3.63) is 71.3 Å². The first-order chi connectivity index (χ1) is 13.7. The normalized spacial score (nSPS) is 25.1. The summed E-state index contributed by atoms with van der Waals surface area (Å²) in [4.78, 5) is 16.0. The molecular weight excluding hydrogens is 346 g/mol. The van der Waals surface area contributed by atoms with Crippen LogP contribution in [-0.2, 0) is 4.74 Å². The first kappa shape index (κ1) is 19.4. The van der Waals surface area contributed by atoms with Gasteiger partial charge in [0.15, 0.2) is 5.78 Å². The molecule has 2 aromatic rings. The lowest BCUT2D eigenvalue weighted by atomic mass is 9.71. The molecule has 2 bridgehead atoms. The number of hydrogen-bond acceptors (Lipinski definition) is 3. The second-order valence-electron chi connectivity index (χ2n) is 8.43. The van der Waals surface area contributed by atoms with E-state index in [0.717, 1.165) is 24.3 Å². The van der Waals surface area contributed by atoms with Gasteiger partial charge in [-0.25, -0.2) is 0 Å². The van der Waals surface area contributed by atoms with Crippen LogP contribution in [0.4, 0.5) is 0 Å². The molecule has 148 valence electrons. The Labute approximate surface area is 168 Å².